The number of carbonyl (C=O) groups excluding carboxylic acids is 2. The van der Waals surface area contributed by atoms with E-state index in [0.717, 1.165) is 17.7 Å². The van der Waals surface area contributed by atoms with E-state index < -0.39 is 0 Å². The highest BCUT2D eigenvalue weighted by Crippen LogP contribution is 2.20. The summed E-state index contributed by atoms with van der Waals surface area (Å²) in [6, 6.07) is 12.3. The summed E-state index contributed by atoms with van der Waals surface area (Å²) in [5, 5.41) is 3.43. The molecule has 0 unspecified atom stereocenters. The van der Waals surface area contributed by atoms with Crippen LogP contribution in [-0.4, -0.2) is 18.3 Å². The monoisotopic (exact) mass is 359 g/mol. The van der Waals surface area contributed by atoms with Crippen molar-refractivity contribution in [3.05, 3.63) is 58.6 Å². The number of hydrogen-bond donors (Lipinski definition) is 1. The Morgan fingerprint density at radius 3 is 2.44 bits per heavy atom. The second-order valence-electron chi connectivity index (χ2n) is 5.80. The number of carbonyl (C=O) groups is 2. The number of amides is 1. The van der Waals surface area contributed by atoms with Crippen LogP contribution in [0.25, 0.3) is 0 Å². The number of aryl methyl sites for hydroxylation is 1. The fourth-order valence-corrected chi connectivity index (χ4v) is 2.54. The average molecular weight is 360 g/mol. The summed E-state index contributed by atoms with van der Waals surface area (Å²) in [5.74, 6) is 0.487. The smallest absolute Gasteiger partial charge is 0.224 e. The maximum Gasteiger partial charge on any atom is 0.224 e. The topological polar surface area (TPSA) is 55.4 Å². The van der Waals surface area contributed by atoms with Gasteiger partial charge in [0, 0.05) is 29.1 Å². The van der Waals surface area contributed by atoms with Crippen LogP contribution in [0.3, 0.4) is 0 Å². The summed E-state index contributed by atoms with van der Waals surface area (Å²) in [4.78, 5) is 24.2. The molecule has 0 atom stereocenters. The Kier molecular flexibility index (Phi) is 7.02. The van der Waals surface area contributed by atoms with E-state index in [2.05, 4.69) is 5.32 Å². The van der Waals surface area contributed by atoms with Gasteiger partial charge in [-0.05, 0) is 61.4 Å². The molecular formula is C20H22ClNO3. The van der Waals surface area contributed by atoms with Gasteiger partial charge in [-0.3, -0.25) is 9.59 Å². The fraction of sp³-hybridized carbons (Fsp3) is 0.300. The van der Waals surface area contributed by atoms with Crippen LogP contribution in [0, 0.1) is 6.92 Å². The Balaban J connectivity index is 1.85. The molecule has 0 aromatic heterocycles. The lowest BCUT2D eigenvalue weighted by atomic mass is 10.1. The molecule has 1 N–H and O–H groups in total. The predicted octanol–water partition coefficient (Wildman–Crippen LogP) is 5.04. The third-order valence-electron chi connectivity index (χ3n) is 3.69. The number of hydrogen-bond acceptors (Lipinski definition) is 3. The minimum atomic E-state index is -0.193. The number of nitrogens with one attached hydrogen (secondary N) is 1. The molecule has 0 heterocycles. The highest BCUT2D eigenvalue weighted by molar-refractivity contribution is 6.30. The van der Waals surface area contributed by atoms with Crippen LogP contribution in [0.2, 0.25) is 5.02 Å². The van der Waals surface area contributed by atoms with Crippen molar-refractivity contribution < 1.29 is 14.3 Å². The number of rotatable bonds is 8. The molecule has 4 nitrogen and oxygen atoms in total. The van der Waals surface area contributed by atoms with Crippen LogP contribution < -0.4 is 10.1 Å². The van der Waals surface area contributed by atoms with Gasteiger partial charge in [-0.25, -0.2) is 0 Å². The van der Waals surface area contributed by atoms with E-state index in [1.807, 2.05) is 13.8 Å². The zero-order chi connectivity index (χ0) is 18.2. The third kappa shape index (κ3) is 5.91. The van der Waals surface area contributed by atoms with Crippen LogP contribution >= 0.6 is 11.6 Å². The van der Waals surface area contributed by atoms with Gasteiger partial charge in [0.2, 0.25) is 5.91 Å². The molecule has 0 aliphatic carbocycles. The average Bonchev–Trinajstić information content (AvgIpc) is 2.60. The lowest BCUT2D eigenvalue weighted by molar-refractivity contribution is -0.116. The van der Waals surface area contributed by atoms with Crippen molar-refractivity contribution in [2.75, 3.05) is 11.9 Å². The largest absolute Gasteiger partial charge is 0.494 e. The molecule has 0 aliphatic rings. The SMILES string of the molecule is CCCOc1ccc(C(=O)CCC(=O)Nc2ccc(Cl)cc2C)cc1. The van der Waals surface area contributed by atoms with Crippen molar-refractivity contribution in [3.63, 3.8) is 0 Å². The van der Waals surface area contributed by atoms with Crippen LogP contribution in [0.4, 0.5) is 5.69 Å². The Morgan fingerprint density at radius 2 is 1.80 bits per heavy atom. The fourth-order valence-electron chi connectivity index (χ4n) is 2.31. The van der Waals surface area contributed by atoms with Gasteiger partial charge >= 0.3 is 0 Å². The summed E-state index contributed by atoms with van der Waals surface area (Å²) in [6.07, 6.45) is 1.23. The van der Waals surface area contributed by atoms with Gasteiger partial charge in [0.05, 0.1) is 6.61 Å². The van der Waals surface area contributed by atoms with Gasteiger partial charge in [-0.2, -0.15) is 0 Å². The number of halogens is 1. The van der Waals surface area contributed by atoms with Crippen molar-refractivity contribution in [3.8, 4) is 5.75 Å². The molecule has 2 aromatic carbocycles. The number of ketones is 1. The van der Waals surface area contributed by atoms with E-state index in [0.29, 0.717) is 22.9 Å². The minimum Gasteiger partial charge on any atom is -0.494 e. The zero-order valence-electron chi connectivity index (χ0n) is 14.5. The first-order valence-electron chi connectivity index (χ1n) is 8.31. The molecule has 0 saturated heterocycles. The van der Waals surface area contributed by atoms with Crippen LogP contribution in [0.15, 0.2) is 42.5 Å². The second kappa shape index (κ2) is 9.23. The molecule has 5 heteroatoms. The van der Waals surface area contributed by atoms with Crippen molar-refractivity contribution in [1.29, 1.82) is 0 Å². The first-order valence-corrected chi connectivity index (χ1v) is 8.69. The Morgan fingerprint density at radius 1 is 1.08 bits per heavy atom. The Hall–Kier alpha value is -2.33. The van der Waals surface area contributed by atoms with Gasteiger partial charge in [0.1, 0.15) is 5.75 Å². The van der Waals surface area contributed by atoms with Crippen LogP contribution in [-0.2, 0) is 4.79 Å². The molecule has 2 rings (SSSR count). The summed E-state index contributed by atoms with van der Waals surface area (Å²) >= 11 is 5.90. The van der Waals surface area contributed by atoms with Crippen molar-refractivity contribution in [2.45, 2.75) is 33.1 Å². The molecule has 2 aromatic rings. The molecule has 0 bridgehead atoms. The minimum absolute atomic E-state index is 0.0648. The van der Waals surface area contributed by atoms with E-state index in [1.165, 1.54) is 0 Å². The predicted molar refractivity (Wildman–Crippen MR) is 101 cm³/mol. The third-order valence-corrected chi connectivity index (χ3v) is 3.93. The van der Waals surface area contributed by atoms with Gasteiger partial charge in [-0.15, -0.1) is 0 Å². The second-order valence-corrected chi connectivity index (χ2v) is 6.24. The first-order chi connectivity index (χ1) is 12.0. The maximum absolute atomic E-state index is 12.2. The highest BCUT2D eigenvalue weighted by atomic mass is 35.5. The van der Waals surface area contributed by atoms with E-state index in [9.17, 15) is 9.59 Å². The van der Waals surface area contributed by atoms with Gasteiger partial charge in [0.25, 0.3) is 0 Å². The van der Waals surface area contributed by atoms with E-state index in [-0.39, 0.29) is 24.5 Å². The number of Topliss-reactive ketones (excluding diaryl/α,β-unsaturated/α-hetero) is 1. The van der Waals surface area contributed by atoms with Crippen LogP contribution in [0.1, 0.15) is 42.1 Å². The Labute approximate surface area is 153 Å². The molecule has 132 valence electrons. The zero-order valence-corrected chi connectivity index (χ0v) is 15.2. The molecule has 1 amide bonds. The number of anilines is 1. The summed E-state index contributed by atoms with van der Waals surface area (Å²) in [6.45, 7) is 4.56. The normalized spacial score (nSPS) is 10.4. The molecule has 25 heavy (non-hydrogen) atoms. The van der Waals surface area contributed by atoms with Crippen molar-refractivity contribution >= 4 is 29.0 Å². The van der Waals surface area contributed by atoms with Crippen molar-refractivity contribution in [1.82, 2.24) is 0 Å². The van der Waals surface area contributed by atoms with Gasteiger partial charge < -0.3 is 10.1 Å². The first kappa shape index (κ1) is 19.0. The standard InChI is InChI=1S/C20H22ClNO3/c1-3-12-25-17-7-4-15(5-8-17)19(23)10-11-20(24)22-18-9-6-16(21)13-14(18)2/h4-9,13H,3,10-12H2,1-2H3,(H,22,24). The number of ether oxygens (including phenoxy) is 1. The summed E-state index contributed by atoms with van der Waals surface area (Å²) < 4.78 is 5.49. The molecule has 0 radical (unpaired) electrons. The van der Waals surface area contributed by atoms with E-state index >= 15 is 0 Å². The summed E-state index contributed by atoms with van der Waals surface area (Å²) in [7, 11) is 0. The molecule has 0 aliphatic heterocycles. The van der Waals surface area contributed by atoms with Crippen LogP contribution in [0.5, 0.6) is 5.75 Å². The lowest BCUT2D eigenvalue weighted by Gasteiger charge is -2.09. The molecule has 0 saturated carbocycles. The van der Waals surface area contributed by atoms with Gasteiger partial charge in [0.15, 0.2) is 5.78 Å². The van der Waals surface area contributed by atoms with E-state index in [1.54, 1.807) is 42.5 Å². The highest BCUT2D eigenvalue weighted by Gasteiger charge is 2.11. The summed E-state index contributed by atoms with van der Waals surface area (Å²) in [5.41, 5.74) is 2.17. The van der Waals surface area contributed by atoms with Gasteiger partial charge in [-0.1, -0.05) is 18.5 Å². The molecule has 0 spiro atoms. The quantitative estimate of drug-likeness (QED) is 0.672. The number of benzene rings is 2. The van der Waals surface area contributed by atoms with Crippen molar-refractivity contribution in [2.24, 2.45) is 0 Å². The Bertz CT molecular complexity index is 741. The maximum atomic E-state index is 12.2. The molecule has 0 fully saturated rings. The molecular weight excluding hydrogens is 338 g/mol. The lowest BCUT2D eigenvalue weighted by Crippen LogP contribution is -2.14. The van der Waals surface area contributed by atoms with E-state index in [4.69, 9.17) is 16.3 Å².